The molecular weight excluding hydrogens is 389 g/mol. The lowest BCUT2D eigenvalue weighted by Gasteiger charge is -2.40. The summed E-state index contributed by atoms with van der Waals surface area (Å²) in [6.45, 7) is 4.53. The van der Waals surface area contributed by atoms with Gasteiger partial charge in [-0.05, 0) is 72.9 Å². The molecule has 2 heterocycles. The van der Waals surface area contributed by atoms with Crippen molar-refractivity contribution >= 4 is 28.6 Å². The first-order valence-corrected chi connectivity index (χ1v) is 9.11. The largest absolute Gasteiger partial charge is 0.496 e. The first-order valence-electron chi connectivity index (χ1n) is 8.03. The number of likely N-dealkylation sites (tertiary alicyclic amines) is 1. The molecule has 1 fully saturated rings. The number of aliphatic imine (C=N–C) groups is 1. The third-order valence-electron chi connectivity index (χ3n) is 4.82. The molecule has 1 unspecified atom stereocenters. The number of methoxy groups -OCH3 is 1. The van der Waals surface area contributed by atoms with Gasteiger partial charge < -0.3 is 14.5 Å². The molecule has 1 aliphatic carbocycles. The fourth-order valence-electron chi connectivity index (χ4n) is 3.34. The molecule has 1 saturated heterocycles. The quantitative estimate of drug-likeness (QED) is 0.615. The molecule has 0 amide bonds. The minimum atomic E-state index is 0.373. The van der Waals surface area contributed by atoms with Gasteiger partial charge in [-0.15, -0.1) is 0 Å². The van der Waals surface area contributed by atoms with Crippen LogP contribution in [0.2, 0.25) is 0 Å². The zero-order valence-electron chi connectivity index (χ0n) is 13.6. The number of nitrogens with zero attached hydrogens (tertiary/aromatic N) is 3. The van der Waals surface area contributed by atoms with Crippen molar-refractivity contribution in [1.82, 2.24) is 9.80 Å². The lowest BCUT2D eigenvalue weighted by Crippen LogP contribution is -2.50. The monoisotopic (exact) mass is 413 g/mol. The van der Waals surface area contributed by atoms with Gasteiger partial charge in [0.2, 0.25) is 5.96 Å². The zero-order valence-corrected chi connectivity index (χ0v) is 15.8. The van der Waals surface area contributed by atoms with E-state index < -0.39 is 0 Å². The second kappa shape index (κ2) is 6.64. The highest BCUT2D eigenvalue weighted by atomic mass is 127. The van der Waals surface area contributed by atoms with Crippen LogP contribution in [0.1, 0.15) is 32.6 Å². The summed E-state index contributed by atoms with van der Waals surface area (Å²) in [5.41, 5.74) is 2.50. The molecule has 2 aliphatic heterocycles. The van der Waals surface area contributed by atoms with Gasteiger partial charge in [0, 0.05) is 20.1 Å². The summed E-state index contributed by atoms with van der Waals surface area (Å²) in [6.07, 6.45) is 9.14. The lowest BCUT2D eigenvalue weighted by atomic mass is 10.00. The molecule has 1 atom stereocenters. The maximum Gasteiger partial charge on any atom is 0.202 e. The molecule has 22 heavy (non-hydrogen) atoms. The van der Waals surface area contributed by atoms with Crippen molar-refractivity contribution in [3.05, 3.63) is 32.8 Å². The van der Waals surface area contributed by atoms with Gasteiger partial charge in [0.05, 0.1) is 22.4 Å². The van der Waals surface area contributed by atoms with Crippen LogP contribution >= 0.6 is 22.6 Å². The van der Waals surface area contributed by atoms with E-state index in [0.717, 1.165) is 40.5 Å². The Bertz CT molecular complexity index is 570. The minimum Gasteiger partial charge on any atom is -0.496 e. The van der Waals surface area contributed by atoms with Crippen molar-refractivity contribution in [1.29, 1.82) is 0 Å². The SMILES string of the molecule is COC1=CCC2=C(C=C1I)N=C(N1CCCCC1)N(C)C2C. The van der Waals surface area contributed by atoms with Gasteiger partial charge in [-0.3, -0.25) is 0 Å². The smallest absolute Gasteiger partial charge is 0.202 e. The highest BCUT2D eigenvalue weighted by Crippen LogP contribution is 2.33. The Hall–Kier alpha value is -0.980. The van der Waals surface area contributed by atoms with E-state index in [1.54, 1.807) is 7.11 Å². The summed E-state index contributed by atoms with van der Waals surface area (Å²) in [4.78, 5) is 9.79. The molecular formula is C17H24IN3O. The molecule has 120 valence electrons. The number of allylic oxidation sites excluding steroid dienone is 3. The van der Waals surface area contributed by atoms with E-state index in [0.29, 0.717) is 6.04 Å². The molecule has 0 aromatic heterocycles. The van der Waals surface area contributed by atoms with Crippen LogP contribution in [0, 0.1) is 0 Å². The van der Waals surface area contributed by atoms with E-state index in [9.17, 15) is 0 Å². The van der Waals surface area contributed by atoms with Crippen LogP contribution in [-0.2, 0) is 4.74 Å². The molecule has 0 radical (unpaired) electrons. The Kier molecular flexibility index (Phi) is 4.80. The molecule has 0 spiro atoms. The van der Waals surface area contributed by atoms with Gasteiger partial charge >= 0.3 is 0 Å². The first kappa shape index (κ1) is 15.9. The Morgan fingerprint density at radius 2 is 2.00 bits per heavy atom. The van der Waals surface area contributed by atoms with E-state index in [4.69, 9.17) is 9.73 Å². The molecule has 3 aliphatic rings. The zero-order chi connectivity index (χ0) is 15.7. The van der Waals surface area contributed by atoms with Crippen molar-refractivity contribution in [2.45, 2.75) is 38.6 Å². The maximum atomic E-state index is 5.48. The first-order chi connectivity index (χ1) is 10.6. The summed E-state index contributed by atoms with van der Waals surface area (Å²) in [5, 5.41) is 0. The lowest BCUT2D eigenvalue weighted by molar-refractivity contribution is 0.278. The van der Waals surface area contributed by atoms with Gasteiger partial charge in [-0.25, -0.2) is 4.99 Å². The average Bonchev–Trinajstić information content (AvgIpc) is 2.70. The second-order valence-electron chi connectivity index (χ2n) is 6.13. The molecule has 4 nitrogen and oxygen atoms in total. The van der Waals surface area contributed by atoms with E-state index >= 15 is 0 Å². The molecule has 0 aromatic carbocycles. The molecule has 0 N–H and O–H groups in total. The molecule has 5 heteroatoms. The van der Waals surface area contributed by atoms with Crippen LogP contribution in [0.4, 0.5) is 0 Å². The van der Waals surface area contributed by atoms with E-state index in [1.807, 2.05) is 0 Å². The fourth-order valence-corrected chi connectivity index (χ4v) is 4.07. The number of hydrogen-bond acceptors (Lipinski definition) is 4. The van der Waals surface area contributed by atoms with Crippen molar-refractivity contribution in [2.75, 3.05) is 27.2 Å². The predicted molar refractivity (Wildman–Crippen MR) is 98.9 cm³/mol. The number of piperidine rings is 1. The van der Waals surface area contributed by atoms with Crippen LogP contribution < -0.4 is 0 Å². The van der Waals surface area contributed by atoms with Crippen LogP contribution in [0.15, 0.2) is 37.8 Å². The van der Waals surface area contributed by atoms with E-state index in [2.05, 4.69) is 58.5 Å². The summed E-state index contributed by atoms with van der Waals surface area (Å²) < 4.78 is 6.61. The van der Waals surface area contributed by atoms with Gasteiger partial charge in [0.25, 0.3) is 0 Å². The Labute approximate surface area is 146 Å². The van der Waals surface area contributed by atoms with Gasteiger partial charge in [0.1, 0.15) is 5.76 Å². The second-order valence-corrected chi connectivity index (χ2v) is 7.29. The Balaban J connectivity index is 1.96. The third kappa shape index (κ3) is 2.92. The highest BCUT2D eigenvalue weighted by Gasteiger charge is 2.30. The van der Waals surface area contributed by atoms with Gasteiger partial charge in [-0.1, -0.05) is 0 Å². The number of guanidine groups is 1. The van der Waals surface area contributed by atoms with Crippen LogP contribution in [0.25, 0.3) is 0 Å². The average molecular weight is 413 g/mol. The number of rotatable bonds is 1. The molecule has 0 bridgehead atoms. The van der Waals surface area contributed by atoms with Crippen LogP contribution in [-0.4, -0.2) is 49.0 Å². The number of halogens is 1. The highest BCUT2D eigenvalue weighted by molar-refractivity contribution is 14.1. The topological polar surface area (TPSA) is 28.1 Å². The number of likely N-dealkylation sites (N-methyl/N-ethyl adjacent to an activating group) is 1. The summed E-state index contributed by atoms with van der Waals surface area (Å²) >= 11 is 2.34. The normalized spacial score (nSPS) is 26.0. The number of ether oxygens (including phenoxy) is 1. The standard InChI is InChI=1S/C17H24IN3O/c1-12-13-7-8-16(22-3)14(18)11-15(13)19-17(20(12)2)21-9-5-4-6-10-21/h8,11-12H,4-7,9-10H2,1-3H3. The Morgan fingerprint density at radius 3 is 2.68 bits per heavy atom. The Morgan fingerprint density at radius 1 is 1.27 bits per heavy atom. The van der Waals surface area contributed by atoms with Crippen molar-refractivity contribution in [3.63, 3.8) is 0 Å². The molecule has 0 saturated carbocycles. The maximum absolute atomic E-state index is 5.48. The van der Waals surface area contributed by atoms with E-state index in [1.165, 1.54) is 24.8 Å². The third-order valence-corrected chi connectivity index (χ3v) is 5.66. The van der Waals surface area contributed by atoms with Crippen LogP contribution in [0.3, 0.4) is 0 Å². The fraction of sp³-hybridized carbons (Fsp3) is 0.588. The summed E-state index contributed by atoms with van der Waals surface area (Å²) in [7, 11) is 3.91. The van der Waals surface area contributed by atoms with E-state index in [-0.39, 0.29) is 0 Å². The predicted octanol–water partition coefficient (Wildman–Crippen LogP) is 3.67. The number of hydrogen-bond donors (Lipinski definition) is 0. The van der Waals surface area contributed by atoms with Crippen molar-refractivity contribution < 1.29 is 4.74 Å². The molecule has 3 rings (SSSR count). The van der Waals surface area contributed by atoms with Gasteiger partial charge in [-0.2, -0.15) is 0 Å². The van der Waals surface area contributed by atoms with Gasteiger partial charge in [0.15, 0.2) is 0 Å². The molecule has 0 aromatic rings. The van der Waals surface area contributed by atoms with Crippen molar-refractivity contribution in [2.24, 2.45) is 4.99 Å². The van der Waals surface area contributed by atoms with Crippen molar-refractivity contribution in [3.8, 4) is 0 Å². The summed E-state index contributed by atoms with van der Waals surface area (Å²) in [6, 6.07) is 0.373. The van der Waals surface area contributed by atoms with Crippen LogP contribution in [0.5, 0.6) is 0 Å². The minimum absolute atomic E-state index is 0.373. The summed E-state index contributed by atoms with van der Waals surface area (Å²) in [5.74, 6) is 2.09.